The van der Waals surface area contributed by atoms with Crippen LogP contribution in [0.25, 0.3) is 10.8 Å². The summed E-state index contributed by atoms with van der Waals surface area (Å²) in [6.45, 7) is 14.0. The molecule has 226 valence electrons. The van der Waals surface area contributed by atoms with Crippen LogP contribution >= 0.6 is 23.2 Å². The first-order valence-corrected chi connectivity index (χ1v) is 15.6. The number of likely N-dealkylation sites (N-methyl/N-ethyl adjacent to an activating group) is 1. The molecule has 6 rings (SSSR count). The minimum Gasteiger partial charge on any atom is -0.507 e. The van der Waals surface area contributed by atoms with Crippen LogP contribution in [0.5, 0.6) is 5.75 Å². The fourth-order valence-electron chi connectivity index (χ4n) is 6.61. The van der Waals surface area contributed by atoms with E-state index in [2.05, 4.69) is 93.6 Å². The minimum absolute atomic E-state index is 0.0984. The lowest BCUT2D eigenvalue weighted by atomic mass is 9.81. The van der Waals surface area contributed by atoms with Crippen molar-refractivity contribution in [2.24, 2.45) is 0 Å². The van der Waals surface area contributed by atoms with E-state index in [9.17, 15) is 9.90 Å². The molecule has 1 N–H and O–H groups in total. The molecule has 4 aromatic carbocycles. The van der Waals surface area contributed by atoms with Crippen molar-refractivity contribution >= 4 is 57.3 Å². The van der Waals surface area contributed by atoms with E-state index in [1.807, 2.05) is 37.3 Å². The Hall–Kier alpha value is -3.86. The number of carbonyl (C=O) groups is 1. The van der Waals surface area contributed by atoms with Crippen LogP contribution in [0.4, 0.5) is 11.4 Å². The third-order valence-corrected chi connectivity index (χ3v) is 9.54. The van der Waals surface area contributed by atoms with Gasteiger partial charge in [-0.25, -0.2) is 0 Å². The van der Waals surface area contributed by atoms with E-state index in [-0.39, 0.29) is 16.6 Å². The van der Waals surface area contributed by atoms with Gasteiger partial charge >= 0.3 is 0 Å². The van der Waals surface area contributed by atoms with E-state index >= 15 is 0 Å². The molecular weight excluding hydrogens is 587 g/mol. The number of aryl methyl sites for hydroxylation is 1. The first kappa shape index (κ1) is 31.6. The summed E-state index contributed by atoms with van der Waals surface area (Å²) in [6, 6.07) is 21.4. The summed E-state index contributed by atoms with van der Waals surface area (Å²) in [5.74, 6) is 0.256. The summed E-state index contributed by atoms with van der Waals surface area (Å²) in [7, 11) is 2.13. The Bertz CT molecular complexity index is 1880. The summed E-state index contributed by atoms with van der Waals surface area (Å²) >= 11 is 12.6. The molecule has 0 bridgehead atoms. The van der Waals surface area contributed by atoms with E-state index in [0.29, 0.717) is 5.56 Å². The first-order chi connectivity index (χ1) is 20.8. The fourth-order valence-corrected chi connectivity index (χ4v) is 6.95. The highest BCUT2D eigenvalue weighted by Gasteiger charge is 2.43. The molecule has 0 radical (unpaired) electrons. The number of carbonyl (C=O) groups excluding carboxylic acids is 1. The monoisotopic (exact) mass is 625 g/mol. The van der Waals surface area contributed by atoms with E-state index in [1.54, 1.807) is 12.1 Å². The van der Waals surface area contributed by atoms with Gasteiger partial charge in [-0.05, 0) is 80.6 Å². The summed E-state index contributed by atoms with van der Waals surface area (Å²) in [4.78, 5) is 13.1. The number of anilines is 1. The van der Waals surface area contributed by atoms with E-state index < -0.39 is 0 Å². The summed E-state index contributed by atoms with van der Waals surface area (Å²) in [5, 5.41) is 12.9. The number of fused-ring (bicyclic) bond motifs is 3. The molecule has 4 aromatic rings. The summed E-state index contributed by atoms with van der Waals surface area (Å²) < 4.78 is 2.27. The number of aromatic hydroxyl groups is 1. The quantitative estimate of drug-likeness (QED) is 0.181. The Balaban J connectivity index is 0.000000229. The smallest absolute Gasteiger partial charge is 0.209 e. The van der Waals surface area contributed by atoms with Crippen molar-refractivity contribution in [2.75, 3.05) is 18.5 Å². The van der Waals surface area contributed by atoms with Crippen LogP contribution in [0.15, 0.2) is 90.7 Å². The van der Waals surface area contributed by atoms with Gasteiger partial charge in [0.1, 0.15) is 12.8 Å². The third-order valence-electron chi connectivity index (χ3n) is 9.07. The molecule has 0 fully saturated rings. The molecular formula is C38H39Cl2N2O2+. The fraction of sp³-hybridized carbons (Fsp3) is 0.263. The lowest BCUT2D eigenvalue weighted by Gasteiger charge is -2.25. The molecule has 2 heterocycles. The predicted molar refractivity (Wildman–Crippen MR) is 186 cm³/mol. The number of nitrogens with zero attached hydrogens (tertiary/aromatic N) is 2. The van der Waals surface area contributed by atoms with Gasteiger partial charge in [-0.2, -0.15) is 4.58 Å². The van der Waals surface area contributed by atoms with E-state index in [4.69, 9.17) is 23.2 Å². The first-order valence-electron chi connectivity index (χ1n) is 14.9. The van der Waals surface area contributed by atoms with Crippen LogP contribution < -0.4 is 4.90 Å². The number of benzene rings is 4. The second kappa shape index (κ2) is 11.9. The van der Waals surface area contributed by atoms with Gasteiger partial charge in [0.05, 0.1) is 5.41 Å². The topological polar surface area (TPSA) is 43.5 Å². The van der Waals surface area contributed by atoms with Gasteiger partial charge in [-0.1, -0.05) is 73.5 Å². The lowest BCUT2D eigenvalue weighted by Crippen LogP contribution is -2.27. The van der Waals surface area contributed by atoms with Crippen molar-refractivity contribution in [3.63, 3.8) is 0 Å². The van der Waals surface area contributed by atoms with Crippen LogP contribution in [0.1, 0.15) is 61.7 Å². The number of aldehydes is 1. The highest BCUT2D eigenvalue weighted by Crippen LogP contribution is 2.48. The van der Waals surface area contributed by atoms with Crippen molar-refractivity contribution in [3.8, 4) is 5.75 Å². The molecule has 0 unspecified atom stereocenters. The van der Waals surface area contributed by atoms with Crippen molar-refractivity contribution in [1.29, 1.82) is 0 Å². The van der Waals surface area contributed by atoms with E-state index in [0.717, 1.165) is 39.2 Å². The summed E-state index contributed by atoms with van der Waals surface area (Å²) in [6.07, 6.45) is 7.48. The SMILES string of the molecule is CCN1C(=CC=CC2=[N+](C)c3ccc(Cl)cc3C2(C)C)C(C)(C)c2cc(Cl)ccc21.Cc1ccc2c(C=O)cccc2c1O. The van der Waals surface area contributed by atoms with Gasteiger partial charge in [0.25, 0.3) is 0 Å². The zero-order chi connectivity index (χ0) is 32.0. The Labute approximate surface area is 270 Å². The number of allylic oxidation sites excluding steroid dienone is 4. The Morgan fingerprint density at radius 2 is 1.57 bits per heavy atom. The zero-order valence-electron chi connectivity index (χ0n) is 26.4. The number of phenols is 1. The molecule has 44 heavy (non-hydrogen) atoms. The normalized spacial score (nSPS) is 17.2. The molecule has 0 spiro atoms. The standard InChI is InChI=1S/C26H29Cl2N2.C12H10O2/c1-7-30-22-14-12-18(28)16-20(22)26(4,5)24(30)10-8-9-23-25(2,3)19-15-17(27)11-13-21(19)29(23)6;1-8-5-6-10-9(7-13)3-2-4-11(10)12(8)14/h8-16H,7H2,1-6H3;2-7,14H,1H3/q+1;. The van der Waals surface area contributed by atoms with Crippen LogP contribution in [-0.2, 0) is 10.8 Å². The van der Waals surface area contributed by atoms with Crippen LogP contribution in [0.3, 0.4) is 0 Å². The van der Waals surface area contributed by atoms with Gasteiger partial charge in [0, 0.05) is 62.0 Å². The highest BCUT2D eigenvalue weighted by molar-refractivity contribution is 6.31. The maximum absolute atomic E-state index is 10.7. The molecule has 0 saturated heterocycles. The average Bonchev–Trinajstić information content (AvgIpc) is 3.32. The molecule has 4 nitrogen and oxygen atoms in total. The van der Waals surface area contributed by atoms with E-state index in [1.165, 1.54) is 33.9 Å². The van der Waals surface area contributed by atoms with Crippen molar-refractivity contribution in [3.05, 3.63) is 123 Å². The van der Waals surface area contributed by atoms with Gasteiger partial charge in [-0.3, -0.25) is 4.79 Å². The number of hydrogen-bond donors (Lipinski definition) is 1. The van der Waals surface area contributed by atoms with Gasteiger partial charge in [0.15, 0.2) is 12.0 Å². The minimum atomic E-state index is -0.101. The van der Waals surface area contributed by atoms with Gasteiger partial charge in [-0.15, -0.1) is 0 Å². The maximum atomic E-state index is 10.7. The molecule has 0 amide bonds. The van der Waals surface area contributed by atoms with Crippen LogP contribution in [0.2, 0.25) is 10.0 Å². The Kier molecular flexibility index (Phi) is 8.54. The molecule has 2 aliphatic rings. The number of phenolic OH excluding ortho intramolecular Hbond substituents is 1. The van der Waals surface area contributed by atoms with Crippen molar-refractivity contribution < 1.29 is 14.5 Å². The second-order valence-corrected chi connectivity index (χ2v) is 13.3. The molecule has 0 aliphatic carbocycles. The zero-order valence-corrected chi connectivity index (χ0v) is 27.9. The highest BCUT2D eigenvalue weighted by atomic mass is 35.5. The second-order valence-electron chi connectivity index (χ2n) is 12.5. The average molecular weight is 627 g/mol. The maximum Gasteiger partial charge on any atom is 0.209 e. The largest absolute Gasteiger partial charge is 0.507 e. The number of hydrogen-bond acceptors (Lipinski definition) is 3. The number of rotatable bonds is 4. The molecule has 6 heteroatoms. The number of halogens is 2. The van der Waals surface area contributed by atoms with Crippen molar-refractivity contribution in [1.82, 2.24) is 0 Å². The molecule has 2 aliphatic heterocycles. The summed E-state index contributed by atoms with van der Waals surface area (Å²) in [5.41, 5.74) is 8.80. The Morgan fingerprint density at radius 1 is 0.886 bits per heavy atom. The predicted octanol–water partition coefficient (Wildman–Crippen LogP) is 9.92. The third kappa shape index (κ3) is 5.35. The van der Waals surface area contributed by atoms with Crippen LogP contribution in [-0.4, -0.2) is 35.3 Å². The molecule has 0 atom stereocenters. The van der Waals surface area contributed by atoms with Gasteiger partial charge in [0.2, 0.25) is 5.69 Å². The van der Waals surface area contributed by atoms with Gasteiger partial charge < -0.3 is 10.0 Å². The van der Waals surface area contributed by atoms with Crippen LogP contribution in [0, 0.1) is 6.92 Å². The molecule has 0 aromatic heterocycles. The Morgan fingerprint density at radius 3 is 2.25 bits per heavy atom. The molecule has 0 saturated carbocycles. The van der Waals surface area contributed by atoms with Crippen molar-refractivity contribution in [2.45, 2.75) is 52.4 Å². The lowest BCUT2D eigenvalue weighted by molar-refractivity contribution is -0.401.